The van der Waals surface area contributed by atoms with Crippen LogP contribution >= 0.6 is 23.2 Å². The van der Waals surface area contributed by atoms with E-state index in [2.05, 4.69) is 5.32 Å². The molecule has 0 aliphatic heterocycles. The second-order valence-corrected chi connectivity index (χ2v) is 14.2. The third-order valence-corrected chi connectivity index (χ3v) is 10.9. The van der Waals surface area contributed by atoms with Crippen molar-refractivity contribution >= 4 is 50.7 Å². The maximum atomic E-state index is 15.1. The van der Waals surface area contributed by atoms with Crippen molar-refractivity contribution in [3.63, 3.8) is 0 Å². The zero-order valence-electron chi connectivity index (χ0n) is 25.7. The van der Waals surface area contributed by atoms with E-state index in [9.17, 15) is 18.0 Å². The minimum atomic E-state index is -4.36. The van der Waals surface area contributed by atoms with Crippen molar-refractivity contribution in [1.82, 2.24) is 10.2 Å². The number of hydrogen-bond acceptors (Lipinski definition) is 4. The second-order valence-electron chi connectivity index (χ2n) is 11.6. The van der Waals surface area contributed by atoms with Crippen LogP contribution in [0.5, 0.6) is 0 Å². The second kappa shape index (κ2) is 15.8. The van der Waals surface area contributed by atoms with Crippen LogP contribution in [0.3, 0.4) is 0 Å². The number of sulfonamides is 1. The van der Waals surface area contributed by atoms with Gasteiger partial charge in [0.05, 0.1) is 20.6 Å². The smallest absolute Gasteiger partial charge is 0.264 e. The molecule has 0 spiro atoms. The molecule has 1 atom stereocenters. The average Bonchev–Trinajstić information content (AvgIpc) is 3.08. The zero-order chi connectivity index (χ0) is 33.4. The van der Waals surface area contributed by atoms with Crippen molar-refractivity contribution in [1.29, 1.82) is 0 Å². The van der Waals surface area contributed by atoms with Crippen LogP contribution in [0.4, 0.5) is 10.1 Å². The first-order valence-corrected chi connectivity index (χ1v) is 17.7. The van der Waals surface area contributed by atoms with Gasteiger partial charge in [0.1, 0.15) is 18.4 Å². The molecular formula is C36H36Cl2FN3O4S. The van der Waals surface area contributed by atoms with E-state index >= 15 is 4.39 Å². The van der Waals surface area contributed by atoms with Crippen molar-refractivity contribution in [3.05, 3.63) is 130 Å². The van der Waals surface area contributed by atoms with Crippen LogP contribution in [0.1, 0.15) is 43.2 Å². The number of rotatable bonds is 12. The molecule has 1 aliphatic rings. The molecule has 0 bridgehead atoms. The lowest BCUT2D eigenvalue weighted by Gasteiger charge is -2.35. The maximum Gasteiger partial charge on any atom is 0.264 e. The van der Waals surface area contributed by atoms with Gasteiger partial charge in [-0.2, -0.15) is 0 Å². The molecule has 2 amide bonds. The summed E-state index contributed by atoms with van der Waals surface area (Å²) < 4.78 is 44.3. The molecule has 11 heteroatoms. The SMILES string of the molecule is O=C(NC1CCCCC1)C(Cc1ccccc1)N(Cc1ccccc1F)C(=O)CN(c1cccc(Cl)c1Cl)S(=O)(=O)c1ccccc1. The molecule has 5 rings (SSSR count). The molecule has 1 unspecified atom stereocenters. The number of hydrogen-bond donors (Lipinski definition) is 1. The molecule has 1 aliphatic carbocycles. The topological polar surface area (TPSA) is 86.8 Å². The Morgan fingerprint density at radius 1 is 0.830 bits per heavy atom. The predicted molar refractivity (Wildman–Crippen MR) is 183 cm³/mol. The highest BCUT2D eigenvalue weighted by Gasteiger charge is 2.36. The molecular weight excluding hydrogens is 660 g/mol. The van der Waals surface area contributed by atoms with Crippen LogP contribution in [0, 0.1) is 5.82 Å². The van der Waals surface area contributed by atoms with Crippen molar-refractivity contribution in [2.24, 2.45) is 0 Å². The molecule has 0 saturated heterocycles. The number of amides is 2. The number of carbonyl (C=O) groups excluding carboxylic acids is 2. The normalized spacial score (nSPS) is 14.3. The Labute approximate surface area is 285 Å². The van der Waals surface area contributed by atoms with Crippen LogP contribution in [0.2, 0.25) is 10.0 Å². The molecule has 4 aromatic carbocycles. The molecule has 246 valence electrons. The summed E-state index contributed by atoms with van der Waals surface area (Å²) in [5, 5.41) is 3.18. The lowest BCUT2D eigenvalue weighted by Crippen LogP contribution is -2.55. The van der Waals surface area contributed by atoms with Gasteiger partial charge in [-0.1, -0.05) is 115 Å². The largest absolute Gasteiger partial charge is 0.352 e. The lowest BCUT2D eigenvalue weighted by molar-refractivity contribution is -0.140. The molecule has 1 fully saturated rings. The van der Waals surface area contributed by atoms with Gasteiger partial charge in [0.25, 0.3) is 10.0 Å². The Balaban J connectivity index is 1.59. The van der Waals surface area contributed by atoms with Gasteiger partial charge >= 0.3 is 0 Å². The first-order valence-electron chi connectivity index (χ1n) is 15.5. The summed E-state index contributed by atoms with van der Waals surface area (Å²) in [4.78, 5) is 29.9. The van der Waals surface area contributed by atoms with Gasteiger partial charge < -0.3 is 10.2 Å². The zero-order valence-corrected chi connectivity index (χ0v) is 28.0. The third-order valence-electron chi connectivity index (χ3n) is 8.33. The number of benzene rings is 4. The minimum Gasteiger partial charge on any atom is -0.352 e. The van der Waals surface area contributed by atoms with E-state index in [1.807, 2.05) is 30.3 Å². The van der Waals surface area contributed by atoms with Crippen molar-refractivity contribution < 1.29 is 22.4 Å². The number of carbonyl (C=O) groups is 2. The molecule has 0 heterocycles. The fourth-order valence-corrected chi connectivity index (χ4v) is 7.72. The number of nitrogens with one attached hydrogen (secondary N) is 1. The number of halogens is 3. The van der Waals surface area contributed by atoms with Gasteiger partial charge in [0.15, 0.2) is 0 Å². The van der Waals surface area contributed by atoms with E-state index in [-0.39, 0.29) is 51.1 Å². The van der Waals surface area contributed by atoms with Crippen molar-refractivity contribution in [2.45, 2.75) is 62.0 Å². The fourth-order valence-electron chi connectivity index (χ4n) is 5.83. The van der Waals surface area contributed by atoms with Gasteiger partial charge in [-0.25, -0.2) is 12.8 Å². The van der Waals surface area contributed by atoms with Crippen LogP contribution in [-0.2, 0) is 32.6 Å². The molecule has 0 aromatic heterocycles. The van der Waals surface area contributed by atoms with Crippen LogP contribution in [0.25, 0.3) is 0 Å². The lowest BCUT2D eigenvalue weighted by atomic mass is 9.94. The van der Waals surface area contributed by atoms with E-state index in [1.165, 1.54) is 47.4 Å². The summed E-state index contributed by atoms with van der Waals surface area (Å²) >= 11 is 12.9. The van der Waals surface area contributed by atoms with Crippen molar-refractivity contribution in [2.75, 3.05) is 10.8 Å². The standard InChI is InChI=1S/C36H36Cl2FN3O4S/c37-30-20-12-22-32(35(30)38)42(47(45,46)29-18-8-3-9-19-29)25-34(43)41(24-27-15-10-11-21-31(27)39)33(23-26-13-4-1-5-14-26)36(44)40-28-16-6-2-7-17-28/h1,3-5,8-15,18-22,28,33H,2,6-7,16-17,23-25H2,(H,40,44). The highest BCUT2D eigenvalue weighted by Crippen LogP contribution is 2.35. The summed E-state index contributed by atoms with van der Waals surface area (Å²) in [6.45, 7) is -1.00. The first-order chi connectivity index (χ1) is 22.6. The van der Waals surface area contributed by atoms with E-state index in [1.54, 1.807) is 30.3 Å². The molecule has 47 heavy (non-hydrogen) atoms. The highest BCUT2D eigenvalue weighted by atomic mass is 35.5. The Hall–Kier alpha value is -3.92. The highest BCUT2D eigenvalue weighted by molar-refractivity contribution is 7.92. The summed E-state index contributed by atoms with van der Waals surface area (Å²) in [5.41, 5.74) is 0.963. The Bertz CT molecular complexity index is 1790. The molecule has 7 nitrogen and oxygen atoms in total. The minimum absolute atomic E-state index is 0.00604. The van der Waals surface area contributed by atoms with Gasteiger partial charge in [-0.3, -0.25) is 13.9 Å². The summed E-state index contributed by atoms with van der Waals surface area (Å²) in [6, 6.07) is 26.3. The number of anilines is 1. The summed E-state index contributed by atoms with van der Waals surface area (Å²) in [6.07, 6.45) is 4.83. The first kappa shape index (κ1) is 34.4. The van der Waals surface area contributed by atoms with E-state index in [4.69, 9.17) is 23.2 Å². The Morgan fingerprint density at radius 2 is 1.47 bits per heavy atom. The van der Waals surface area contributed by atoms with E-state index < -0.39 is 34.3 Å². The third kappa shape index (κ3) is 8.52. The van der Waals surface area contributed by atoms with Gasteiger partial charge in [-0.05, 0) is 48.7 Å². The van der Waals surface area contributed by atoms with Crippen molar-refractivity contribution in [3.8, 4) is 0 Å². The Kier molecular flexibility index (Phi) is 11.6. The summed E-state index contributed by atoms with van der Waals surface area (Å²) in [7, 11) is -4.36. The molecule has 1 N–H and O–H groups in total. The fraction of sp³-hybridized carbons (Fsp3) is 0.278. The van der Waals surface area contributed by atoms with Crippen LogP contribution in [0.15, 0.2) is 108 Å². The van der Waals surface area contributed by atoms with Gasteiger partial charge in [0.2, 0.25) is 11.8 Å². The van der Waals surface area contributed by atoms with Gasteiger partial charge in [0, 0.05) is 24.6 Å². The number of nitrogens with zero attached hydrogens (tertiary/aromatic N) is 2. The monoisotopic (exact) mass is 695 g/mol. The quantitative estimate of drug-likeness (QED) is 0.167. The predicted octanol–water partition coefficient (Wildman–Crippen LogP) is 7.42. The summed E-state index contributed by atoms with van der Waals surface area (Å²) in [5.74, 6) is -1.66. The van der Waals surface area contributed by atoms with Crippen LogP contribution in [-0.4, -0.2) is 43.8 Å². The molecule has 4 aromatic rings. The van der Waals surface area contributed by atoms with E-state index in [0.717, 1.165) is 42.0 Å². The Morgan fingerprint density at radius 3 is 2.15 bits per heavy atom. The van der Waals surface area contributed by atoms with E-state index in [0.29, 0.717) is 0 Å². The van der Waals surface area contributed by atoms with Crippen LogP contribution < -0.4 is 9.62 Å². The molecule has 0 radical (unpaired) electrons. The maximum absolute atomic E-state index is 15.1. The average molecular weight is 697 g/mol. The van der Waals surface area contributed by atoms with Gasteiger partial charge in [-0.15, -0.1) is 0 Å². The molecule has 1 saturated carbocycles.